The van der Waals surface area contributed by atoms with Crippen LogP contribution in [-0.2, 0) is 17.6 Å². The molecular weight excluding hydrogens is 200 g/mol. The Labute approximate surface area is 93.5 Å². The number of rotatable bonds is 0. The summed E-state index contributed by atoms with van der Waals surface area (Å²) in [6, 6.07) is 7.86. The number of hydrogen-bond donors (Lipinski definition) is 0. The Bertz CT molecular complexity index is 514. The number of aryl methyl sites for hydroxylation is 2. The lowest BCUT2D eigenvalue weighted by atomic mass is 10.2. The molecule has 16 heavy (non-hydrogen) atoms. The number of fused-ring (bicyclic) bond motifs is 2. The van der Waals surface area contributed by atoms with Gasteiger partial charge in [0.2, 0.25) is 0 Å². The number of ketones is 1. The molecule has 0 radical (unpaired) electrons. The quantitative estimate of drug-likeness (QED) is 0.628. The summed E-state index contributed by atoms with van der Waals surface area (Å²) in [5.41, 5.74) is 3.86. The SMILES string of the molecule is O=C1CCc2nc3ccccc3nc2CC1. The molecule has 1 aliphatic rings. The zero-order valence-electron chi connectivity index (χ0n) is 8.94. The second kappa shape index (κ2) is 3.67. The van der Waals surface area contributed by atoms with E-state index in [4.69, 9.17) is 0 Å². The summed E-state index contributed by atoms with van der Waals surface area (Å²) in [7, 11) is 0. The number of hydrogen-bond acceptors (Lipinski definition) is 3. The largest absolute Gasteiger partial charge is 0.300 e. The normalized spacial score (nSPS) is 15.9. The van der Waals surface area contributed by atoms with E-state index in [1.54, 1.807) is 0 Å². The third kappa shape index (κ3) is 1.58. The van der Waals surface area contributed by atoms with Crippen molar-refractivity contribution in [3.63, 3.8) is 0 Å². The third-order valence-corrected chi connectivity index (χ3v) is 3.01. The van der Waals surface area contributed by atoms with Crippen LogP contribution in [-0.4, -0.2) is 15.8 Å². The van der Waals surface area contributed by atoms with E-state index in [1.165, 1.54) is 0 Å². The highest BCUT2D eigenvalue weighted by molar-refractivity contribution is 5.80. The first-order valence-corrected chi connectivity index (χ1v) is 5.59. The maximum absolute atomic E-state index is 11.4. The molecule has 1 aromatic carbocycles. The Morgan fingerprint density at radius 2 is 1.31 bits per heavy atom. The van der Waals surface area contributed by atoms with E-state index in [0.29, 0.717) is 18.6 Å². The van der Waals surface area contributed by atoms with Gasteiger partial charge >= 0.3 is 0 Å². The molecule has 3 heteroatoms. The average Bonchev–Trinajstić information content (AvgIpc) is 2.49. The van der Waals surface area contributed by atoms with Crippen LogP contribution in [0, 0.1) is 0 Å². The van der Waals surface area contributed by atoms with Crippen LogP contribution in [0.4, 0.5) is 0 Å². The lowest BCUT2D eigenvalue weighted by Gasteiger charge is -2.05. The van der Waals surface area contributed by atoms with Gasteiger partial charge in [0.1, 0.15) is 5.78 Å². The molecule has 0 unspecified atom stereocenters. The van der Waals surface area contributed by atoms with Crippen molar-refractivity contribution < 1.29 is 4.79 Å². The first-order chi connectivity index (χ1) is 7.83. The zero-order chi connectivity index (χ0) is 11.0. The fraction of sp³-hybridized carbons (Fsp3) is 0.308. The minimum atomic E-state index is 0.323. The lowest BCUT2D eigenvalue weighted by Crippen LogP contribution is -1.99. The summed E-state index contributed by atoms with van der Waals surface area (Å²) in [5, 5.41) is 0. The van der Waals surface area contributed by atoms with E-state index in [0.717, 1.165) is 35.3 Å². The number of benzene rings is 1. The van der Waals surface area contributed by atoms with Crippen LogP contribution < -0.4 is 0 Å². The fourth-order valence-corrected chi connectivity index (χ4v) is 2.11. The van der Waals surface area contributed by atoms with Crippen molar-refractivity contribution in [2.45, 2.75) is 25.7 Å². The van der Waals surface area contributed by atoms with Crippen LogP contribution in [0.5, 0.6) is 0 Å². The smallest absolute Gasteiger partial charge is 0.133 e. The summed E-state index contributed by atoms with van der Waals surface area (Å²) in [5.74, 6) is 0.323. The molecular formula is C13H12N2O. The summed E-state index contributed by atoms with van der Waals surface area (Å²) in [6.45, 7) is 0. The predicted molar refractivity (Wildman–Crippen MR) is 61.2 cm³/mol. The second-order valence-corrected chi connectivity index (χ2v) is 4.14. The maximum atomic E-state index is 11.4. The molecule has 0 saturated heterocycles. The van der Waals surface area contributed by atoms with E-state index in [-0.39, 0.29) is 0 Å². The van der Waals surface area contributed by atoms with E-state index >= 15 is 0 Å². The van der Waals surface area contributed by atoms with Crippen molar-refractivity contribution in [1.29, 1.82) is 0 Å². The van der Waals surface area contributed by atoms with Gasteiger partial charge in [0.25, 0.3) is 0 Å². The van der Waals surface area contributed by atoms with Gasteiger partial charge in [-0.1, -0.05) is 12.1 Å². The van der Waals surface area contributed by atoms with E-state index < -0.39 is 0 Å². The van der Waals surface area contributed by atoms with Gasteiger partial charge in [-0.3, -0.25) is 4.79 Å². The minimum Gasteiger partial charge on any atom is -0.300 e. The zero-order valence-corrected chi connectivity index (χ0v) is 8.94. The Morgan fingerprint density at radius 3 is 1.81 bits per heavy atom. The molecule has 3 rings (SSSR count). The van der Waals surface area contributed by atoms with Crippen molar-refractivity contribution in [2.75, 3.05) is 0 Å². The Balaban J connectivity index is 2.16. The average molecular weight is 212 g/mol. The van der Waals surface area contributed by atoms with Gasteiger partial charge in [0.05, 0.1) is 22.4 Å². The number of carbonyl (C=O) groups excluding carboxylic acids is 1. The summed E-state index contributed by atoms with van der Waals surface area (Å²) in [6.07, 6.45) is 2.71. The molecule has 1 aliphatic carbocycles. The molecule has 0 atom stereocenters. The predicted octanol–water partition coefficient (Wildman–Crippen LogP) is 2.08. The van der Waals surface area contributed by atoms with Gasteiger partial charge in [-0.2, -0.15) is 0 Å². The molecule has 1 heterocycles. The van der Waals surface area contributed by atoms with Crippen LogP contribution in [0.25, 0.3) is 11.0 Å². The van der Waals surface area contributed by atoms with Crippen molar-refractivity contribution >= 4 is 16.8 Å². The van der Waals surface area contributed by atoms with Gasteiger partial charge in [0.15, 0.2) is 0 Å². The molecule has 80 valence electrons. The second-order valence-electron chi connectivity index (χ2n) is 4.14. The Hall–Kier alpha value is -1.77. The van der Waals surface area contributed by atoms with E-state index in [2.05, 4.69) is 9.97 Å². The van der Waals surface area contributed by atoms with Crippen molar-refractivity contribution in [1.82, 2.24) is 9.97 Å². The molecule has 3 nitrogen and oxygen atoms in total. The maximum Gasteiger partial charge on any atom is 0.133 e. The molecule has 0 fully saturated rings. The van der Waals surface area contributed by atoms with Gasteiger partial charge in [-0.25, -0.2) is 9.97 Å². The van der Waals surface area contributed by atoms with Gasteiger partial charge in [0, 0.05) is 12.8 Å². The van der Waals surface area contributed by atoms with Crippen LogP contribution in [0.3, 0.4) is 0 Å². The van der Waals surface area contributed by atoms with Gasteiger partial charge in [-0.05, 0) is 25.0 Å². The van der Waals surface area contributed by atoms with Crippen LogP contribution >= 0.6 is 0 Å². The molecule has 0 aliphatic heterocycles. The minimum absolute atomic E-state index is 0.323. The van der Waals surface area contributed by atoms with Crippen LogP contribution in [0.15, 0.2) is 24.3 Å². The third-order valence-electron chi connectivity index (χ3n) is 3.01. The highest BCUT2D eigenvalue weighted by atomic mass is 16.1. The van der Waals surface area contributed by atoms with Gasteiger partial charge in [-0.15, -0.1) is 0 Å². The summed E-state index contributed by atoms with van der Waals surface area (Å²) in [4.78, 5) is 20.6. The van der Waals surface area contributed by atoms with Crippen molar-refractivity contribution in [3.8, 4) is 0 Å². The van der Waals surface area contributed by atoms with E-state index in [1.807, 2.05) is 24.3 Å². The fourth-order valence-electron chi connectivity index (χ4n) is 2.11. The lowest BCUT2D eigenvalue weighted by molar-refractivity contribution is -0.118. The number of Topliss-reactive ketones (excluding diaryl/α,β-unsaturated/α-hetero) is 1. The number of aromatic nitrogens is 2. The molecule has 0 N–H and O–H groups in total. The molecule has 0 amide bonds. The first-order valence-electron chi connectivity index (χ1n) is 5.59. The Kier molecular flexibility index (Phi) is 2.17. The van der Waals surface area contributed by atoms with Crippen molar-refractivity contribution in [2.24, 2.45) is 0 Å². The summed E-state index contributed by atoms with van der Waals surface area (Å²) < 4.78 is 0. The molecule has 2 aromatic rings. The highest BCUT2D eigenvalue weighted by Gasteiger charge is 2.15. The molecule has 0 spiro atoms. The topological polar surface area (TPSA) is 42.9 Å². The van der Waals surface area contributed by atoms with Crippen LogP contribution in [0.1, 0.15) is 24.2 Å². The van der Waals surface area contributed by atoms with Crippen molar-refractivity contribution in [3.05, 3.63) is 35.7 Å². The first kappa shape index (κ1) is 9.46. The molecule has 1 aromatic heterocycles. The van der Waals surface area contributed by atoms with Gasteiger partial charge < -0.3 is 0 Å². The van der Waals surface area contributed by atoms with E-state index in [9.17, 15) is 4.79 Å². The Morgan fingerprint density at radius 1 is 0.812 bits per heavy atom. The van der Waals surface area contributed by atoms with Crippen LogP contribution in [0.2, 0.25) is 0 Å². The summed E-state index contributed by atoms with van der Waals surface area (Å²) >= 11 is 0. The monoisotopic (exact) mass is 212 g/mol. The number of nitrogens with zero attached hydrogens (tertiary/aromatic N) is 2. The number of carbonyl (C=O) groups is 1. The highest BCUT2D eigenvalue weighted by Crippen LogP contribution is 2.18. The number of para-hydroxylation sites is 2. The molecule has 0 bridgehead atoms. The standard InChI is InChI=1S/C13H12N2O/c16-9-5-7-12-13(8-6-9)15-11-4-2-1-3-10(11)14-12/h1-4H,5-8H2. The molecule has 0 saturated carbocycles.